The number of carbonyl (C=O) groups is 7. The zero-order valence-electron chi connectivity index (χ0n) is 24.3. The van der Waals surface area contributed by atoms with Gasteiger partial charge in [0.1, 0.15) is 30.5 Å². The lowest BCUT2D eigenvalue weighted by atomic mass is 9.51. The minimum atomic E-state index is -4.23. The Morgan fingerprint density at radius 3 is 1.30 bits per heavy atom. The van der Waals surface area contributed by atoms with Crippen LogP contribution in [0.4, 0.5) is 0 Å². The number of aliphatic hydroxyl groups is 8. The largest absolute Gasteiger partial charge is 0.382 e. The van der Waals surface area contributed by atoms with Gasteiger partial charge in [0.05, 0.1) is 6.61 Å². The number of rotatable bonds is 10. The molecule has 0 saturated carbocycles. The predicted molar refractivity (Wildman–Crippen MR) is 135 cm³/mol. The molecule has 0 aromatic heterocycles. The highest BCUT2D eigenvalue weighted by atomic mass is 16.6. The first-order valence-electron chi connectivity index (χ1n) is 12.8. The van der Waals surface area contributed by atoms with E-state index in [1.807, 2.05) is 0 Å². The van der Waals surface area contributed by atoms with Gasteiger partial charge in [-0.05, 0) is 48.5 Å². The summed E-state index contributed by atoms with van der Waals surface area (Å²) in [6, 6.07) is 0. The highest BCUT2D eigenvalue weighted by Gasteiger charge is 2.87. The Morgan fingerprint density at radius 2 is 0.977 bits per heavy atom. The summed E-state index contributed by atoms with van der Waals surface area (Å²) in [6.45, 7) is 2.36. The fourth-order valence-electron chi connectivity index (χ4n) is 6.19. The van der Waals surface area contributed by atoms with Crippen LogP contribution in [0.3, 0.4) is 0 Å². The smallest absolute Gasteiger partial charge is 0.199 e. The summed E-state index contributed by atoms with van der Waals surface area (Å²) in [4.78, 5) is 89.7. The Balaban J connectivity index is 3.35. The molecular weight excluding hydrogens is 584 g/mol. The zero-order chi connectivity index (χ0) is 34.0. The third kappa shape index (κ3) is 4.26. The zero-order valence-corrected chi connectivity index (χ0v) is 24.3. The third-order valence-corrected chi connectivity index (χ3v) is 8.74. The first kappa shape index (κ1) is 36.5. The Labute approximate surface area is 244 Å². The molecule has 8 N–H and O–H groups in total. The van der Waals surface area contributed by atoms with Crippen molar-refractivity contribution in [2.75, 3.05) is 6.61 Å². The van der Waals surface area contributed by atoms with Crippen LogP contribution in [0, 0.1) is 0 Å². The lowest BCUT2D eigenvalue weighted by molar-refractivity contribution is -0.398. The van der Waals surface area contributed by atoms with Crippen molar-refractivity contribution < 1.29 is 83.9 Å². The molecule has 11 atom stereocenters. The lowest BCUT2D eigenvalue weighted by Crippen LogP contribution is -2.95. The molecule has 2 saturated heterocycles. The van der Waals surface area contributed by atoms with Crippen molar-refractivity contribution in [2.24, 2.45) is 0 Å². The molecule has 43 heavy (non-hydrogen) atoms. The van der Waals surface area contributed by atoms with Gasteiger partial charge in [-0.1, -0.05) is 0 Å². The number of ketones is 7. The SMILES string of the molecule is CC(=O)C(O)[C@H]1O[C@H](C2(O)[C@H](C(O)C(C)=O)OCC(O)(C(C)=O)C2(O)C(C)=O)[C@@](O)(C(C)=O)[C@](O)(C(C)=O)[C@@]1(O)C(C)=O. The second kappa shape index (κ2) is 11.0. The number of ether oxygens (including phenoxy) is 2. The van der Waals surface area contributed by atoms with Gasteiger partial charge in [-0.25, -0.2) is 0 Å². The molecule has 2 fully saturated rings. The van der Waals surface area contributed by atoms with Gasteiger partial charge in [-0.15, -0.1) is 0 Å². The first-order valence-corrected chi connectivity index (χ1v) is 12.8. The van der Waals surface area contributed by atoms with E-state index in [4.69, 9.17) is 9.47 Å². The normalized spacial score (nSPS) is 42.8. The molecule has 2 heterocycles. The molecule has 0 amide bonds. The Morgan fingerprint density at radius 1 is 0.581 bits per heavy atom. The van der Waals surface area contributed by atoms with Gasteiger partial charge in [-0.2, -0.15) is 0 Å². The quantitative estimate of drug-likeness (QED) is 0.113. The first-order chi connectivity index (χ1) is 19.2. The van der Waals surface area contributed by atoms with Gasteiger partial charge < -0.3 is 50.3 Å². The van der Waals surface area contributed by atoms with Crippen molar-refractivity contribution in [3.63, 3.8) is 0 Å². The van der Waals surface area contributed by atoms with Crippen molar-refractivity contribution in [1.29, 1.82) is 0 Å². The summed E-state index contributed by atoms with van der Waals surface area (Å²) in [7, 11) is 0. The monoisotopic (exact) mass is 620 g/mol. The van der Waals surface area contributed by atoms with Gasteiger partial charge in [0, 0.05) is 0 Å². The van der Waals surface area contributed by atoms with Gasteiger partial charge >= 0.3 is 0 Å². The Hall–Kier alpha value is -2.71. The van der Waals surface area contributed by atoms with Crippen LogP contribution in [0.25, 0.3) is 0 Å². The molecule has 0 bridgehead atoms. The second-order valence-electron chi connectivity index (χ2n) is 11.2. The summed E-state index contributed by atoms with van der Waals surface area (Å²) >= 11 is 0. The van der Waals surface area contributed by atoms with E-state index < -0.39 is 111 Å². The van der Waals surface area contributed by atoms with Crippen molar-refractivity contribution >= 4 is 40.5 Å². The number of aliphatic hydroxyl groups excluding tert-OH is 2. The minimum absolute atomic E-state index is 0.417. The van der Waals surface area contributed by atoms with E-state index in [1.54, 1.807) is 0 Å². The van der Waals surface area contributed by atoms with E-state index in [0.29, 0.717) is 48.5 Å². The summed E-state index contributed by atoms with van der Waals surface area (Å²) < 4.78 is 10.6. The molecule has 0 radical (unpaired) electrons. The van der Waals surface area contributed by atoms with E-state index in [9.17, 15) is 74.4 Å². The van der Waals surface area contributed by atoms with Gasteiger partial charge in [0.25, 0.3) is 0 Å². The van der Waals surface area contributed by atoms with Crippen LogP contribution in [-0.4, -0.2) is 152 Å². The number of hydrogen-bond acceptors (Lipinski definition) is 17. The number of hydrogen-bond donors (Lipinski definition) is 8. The van der Waals surface area contributed by atoms with Crippen LogP contribution in [0.1, 0.15) is 48.5 Å². The summed E-state index contributed by atoms with van der Waals surface area (Å²) in [5.41, 5.74) is -24.2. The molecule has 0 spiro atoms. The molecule has 17 heteroatoms. The van der Waals surface area contributed by atoms with Crippen molar-refractivity contribution in [3.05, 3.63) is 0 Å². The minimum Gasteiger partial charge on any atom is -0.382 e. The summed E-state index contributed by atoms with van der Waals surface area (Å²) in [5, 5.41) is 92.5. The molecule has 17 nitrogen and oxygen atoms in total. The summed E-state index contributed by atoms with van der Waals surface area (Å²) in [5.74, 6) is -11.3. The van der Waals surface area contributed by atoms with E-state index in [0.717, 1.165) is 0 Å². The lowest BCUT2D eigenvalue weighted by Gasteiger charge is -2.66. The molecule has 5 unspecified atom stereocenters. The topological polar surface area (TPSA) is 300 Å². The van der Waals surface area contributed by atoms with Crippen LogP contribution in [0.2, 0.25) is 0 Å². The van der Waals surface area contributed by atoms with Crippen LogP contribution in [0.15, 0.2) is 0 Å². The van der Waals surface area contributed by atoms with Gasteiger partial charge in [0.15, 0.2) is 74.1 Å². The number of carbonyl (C=O) groups excluding carboxylic acids is 7. The number of Topliss-reactive ketones (excluding diaryl/α,β-unsaturated/α-hetero) is 7. The van der Waals surface area contributed by atoms with Gasteiger partial charge in [-0.3, -0.25) is 33.6 Å². The van der Waals surface area contributed by atoms with Crippen LogP contribution < -0.4 is 0 Å². The molecule has 2 aliphatic heterocycles. The van der Waals surface area contributed by atoms with Crippen LogP contribution in [-0.2, 0) is 43.0 Å². The maximum atomic E-state index is 13.3. The predicted octanol–water partition coefficient (Wildman–Crippen LogP) is -5.62. The molecular formula is C26H36O17. The average molecular weight is 621 g/mol. The fourth-order valence-corrected chi connectivity index (χ4v) is 6.19. The molecule has 0 aliphatic carbocycles. The van der Waals surface area contributed by atoms with E-state index in [1.165, 1.54) is 0 Å². The maximum absolute atomic E-state index is 13.3. The molecule has 0 aromatic rings. The molecule has 2 rings (SSSR count). The van der Waals surface area contributed by atoms with E-state index in [-0.39, 0.29) is 0 Å². The third-order valence-electron chi connectivity index (χ3n) is 8.74. The highest BCUT2D eigenvalue weighted by Crippen LogP contribution is 2.56. The van der Waals surface area contributed by atoms with E-state index >= 15 is 0 Å². The van der Waals surface area contributed by atoms with Crippen molar-refractivity contribution in [2.45, 2.75) is 113 Å². The molecule has 242 valence electrons. The molecule has 0 aromatic carbocycles. The van der Waals surface area contributed by atoms with Gasteiger partial charge in [0.2, 0.25) is 0 Å². The van der Waals surface area contributed by atoms with Crippen LogP contribution >= 0.6 is 0 Å². The van der Waals surface area contributed by atoms with E-state index in [2.05, 4.69) is 0 Å². The standard InChI is InChI=1S/C26H36O17/c1-9(27)16(34)18-24(39,25(40,14(6)32)21(36,8-42-18)11(3)29)20-23(38,13(5)31)26(41,15(7)33)22(37,12(4)30)19(43-20)17(35)10(2)28/h16-20,34-41H,8H2,1-7H3/t16?,17?,18-,19+,20-,21?,22+,23-,24?,25?,26-/m0/s1. The Bertz CT molecular complexity index is 1280. The Kier molecular flexibility index (Phi) is 9.35. The molecule has 2 aliphatic rings. The average Bonchev–Trinajstić information content (AvgIpc) is 2.88. The van der Waals surface area contributed by atoms with Crippen molar-refractivity contribution in [1.82, 2.24) is 0 Å². The highest BCUT2D eigenvalue weighted by molar-refractivity contribution is 6.06. The van der Waals surface area contributed by atoms with Crippen LogP contribution in [0.5, 0.6) is 0 Å². The van der Waals surface area contributed by atoms with Crippen molar-refractivity contribution in [3.8, 4) is 0 Å². The fraction of sp³-hybridized carbons (Fsp3) is 0.731. The maximum Gasteiger partial charge on any atom is 0.199 e. The second-order valence-corrected chi connectivity index (χ2v) is 11.2. The summed E-state index contributed by atoms with van der Waals surface area (Å²) in [6.07, 6.45) is -14.5.